The van der Waals surface area contributed by atoms with E-state index in [0.717, 1.165) is 0 Å². The Hall–Kier alpha value is 0.0249. The first-order chi connectivity index (χ1) is 5.76. The smallest absolute Gasteiger partial charge is 0.293 e. The van der Waals surface area contributed by atoms with Crippen LogP contribution in [0, 0.1) is 0 Å². The molecule has 1 fully saturated rings. The van der Waals surface area contributed by atoms with E-state index in [1.165, 1.54) is 38.3 Å². The zero-order chi connectivity index (χ0) is 9.03. The largest absolute Gasteiger partial charge is 0.431 e. The minimum Gasteiger partial charge on any atom is -0.431 e. The van der Waals surface area contributed by atoms with Crippen molar-refractivity contribution >= 4 is 6.92 Å². The van der Waals surface area contributed by atoms with Crippen LogP contribution in [-0.4, -0.2) is 12.5 Å². The summed E-state index contributed by atoms with van der Waals surface area (Å²) in [6, 6.07) is 0. The van der Waals surface area contributed by atoms with E-state index in [-0.39, 0.29) is 5.60 Å². The van der Waals surface area contributed by atoms with Gasteiger partial charge in [0.1, 0.15) is 0 Å². The Morgan fingerprint density at radius 2 is 1.92 bits per heavy atom. The molecule has 70 valence electrons. The quantitative estimate of drug-likeness (QED) is 0.587. The lowest BCUT2D eigenvalue weighted by molar-refractivity contribution is 0.0335. The molecule has 1 saturated heterocycles. The normalized spacial score (nSPS) is 22.8. The van der Waals surface area contributed by atoms with Gasteiger partial charge in [0, 0.05) is 0 Å². The minimum atomic E-state index is 0.235. The van der Waals surface area contributed by atoms with Crippen LogP contribution in [0.15, 0.2) is 0 Å². The fourth-order valence-electron chi connectivity index (χ4n) is 2.18. The maximum absolute atomic E-state index is 6.12. The molecule has 0 N–H and O–H groups in total. The molecule has 2 heteroatoms. The third kappa shape index (κ3) is 2.04. The molecule has 0 radical (unpaired) electrons. The molecule has 12 heavy (non-hydrogen) atoms. The van der Waals surface area contributed by atoms with Gasteiger partial charge in [0.05, 0.1) is 5.60 Å². The van der Waals surface area contributed by atoms with Crippen molar-refractivity contribution in [2.75, 3.05) is 0 Å². The van der Waals surface area contributed by atoms with Crippen LogP contribution in [0.5, 0.6) is 0 Å². The van der Waals surface area contributed by atoms with Gasteiger partial charge in [-0.3, -0.25) is 0 Å². The molecular weight excluding hydrogens is 147 g/mol. The first kappa shape index (κ1) is 10.1. The van der Waals surface area contributed by atoms with E-state index >= 15 is 0 Å². The van der Waals surface area contributed by atoms with Crippen molar-refractivity contribution in [3.63, 3.8) is 0 Å². The highest BCUT2D eigenvalue weighted by Gasteiger charge is 2.34. The van der Waals surface area contributed by atoms with Crippen molar-refractivity contribution in [1.82, 2.24) is 0 Å². The Bertz CT molecular complexity index is 132. The predicted octanol–water partition coefficient (Wildman–Crippen LogP) is 3.37. The fraction of sp³-hybridized carbons (Fsp3) is 1.00. The summed E-state index contributed by atoms with van der Waals surface area (Å²) in [4.78, 5) is 0. The van der Waals surface area contributed by atoms with Gasteiger partial charge in [-0.1, -0.05) is 33.5 Å². The topological polar surface area (TPSA) is 9.23 Å². The number of hydrogen-bond donors (Lipinski definition) is 0. The van der Waals surface area contributed by atoms with Crippen molar-refractivity contribution in [3.05, 3.63) is 0 Å². The van der Waals surface area contributed by atoms with Crippen molar-refractivity contribution in [3.8, 4) is 0 Å². The van der Waals surface area contributed by atoms with Crippen molar-refractivity contribution in [1.29, 1.82) is 0 Å². The Labute approximate surface area is 77.0 Å². The van der Waals surface area contributed by atoms with Gasteiger partial charge in [0.25, 0.3) is 6.92 Å². The van der Waals surface area contributed by atoms with Crippen LogP contribution >= 0.6 is 0 Å². The fourth-order valence-corrected chi connectivity index (χ4v) is 2.18. The van der Waals surface area contributed by atoms with Crippen molar-refractivity contribution in [2.45, 2.75) is 64.7 Å². The lowest BCUT2D eigenvalue weighted by atomic mass is 9.57. The minimum absolute atomic E-state index is 0.235. The Morgan fingerprint density at radius 1 is 1.25 bits per heavy atom. The Morgan fingerprint density at radius 3 is 2.42 bits per heavy atom. The van der Waals surface area contributed by atoms with E-state index in [2.05, 4.69) is 20.8 Å². The highest BCUT2D eigenvalue weighted by molar-refractivity contribution is 6.52. The van der Waals surface area contributed by atoms with Crippen LogP contribution in [0.1, 0.15) is 46.5 Å². The summed E-state index contributed by atoms with van der Waals surface area (Å²) in [7, 11) is 0. The van der Waals surface area contributed by atoms with Gasteiger partial charge in [-0.05, 0) is 25.6 Å². The summed E-state index contributed by atoms with van der Waals surface area (Å²) in [6.07, 6.45) is 7.46. The summed E-state index contributed by atoms with van der Waals surface area (Å²) >= 11 is 0. The van der Waals surface area contributed by atoms with E-state index < -0.39 is 0 Å². The zero-order valence-electron chi connectivity index (χ0n) is 8.73. The van der Waals surface area contributed by atoms with Crippen molar-refractivity contribution in [2.24, 2.45) is 0 Å². The summed E-state index contributed by atoms with van der Waals surface area (Å²) in [5, 5.41) is 0. The molecule has 0 spiro atoms. The molecule has 0 unspecified atom stereocenters. The Kier molecular flexibility index (Phi) is 3.63. The average molecular weight is 168 g/mol. The highest BCUT2D eigenvalue weighted by atomic mass is 16.5. The molecule has 0 bridgehead atoms. The second-order valence-corrected chi connectivity index (χ2v) is 3.93. The summed E-state index contributed by atoms with van der Waals surface area (Å²) < 4.78 is 6.12. The van der Waals surface area contributed by atoms with E-state index in [4.69, 9.17) is 4.65 Å². The first-order valence-corrected chi connectivity index (χ1v) is 5.44. The van der Waals surface area contributed by atoms with Gasteiger partial charge >= 0.3 is 0 Å². The van der Waals surface area contributed by atoms with Gasteiger partial charge in [0.15, 0.2) is 0 Å². The molecule has 1 rings (SSSR count). The van der Waals surface area contributed by atoms with E-state index in [9.17, 15) is 0 Å². The third-order valence-electron chi connectivity index (χ3n) is 3.32. The first-order valence-electron chi connectivity index (χ1n) is 5.44. The molecule has 1 aliphatic heterocycles. The van der Waals surface area contributed by atoms with Gasteiger partial charge < -0.3 is 4.65 Å². The molecule has 1 aliphatic rings. The summed E-state index contributed by atoms with van der Waals surface area (Å²) in [6.45, 7) is 7.27. The molecule has 0 aliphatic carbocycles. The van der Waals surface area contributed by atoms with Gasteiger partial charge in [0.2, 0.25) is 0 Å². The average Bonchev–Trinajstić information content (AvgIpc) is 2.18. The summed E-state index contributed by atoms with van der Waals surface area (Å²) in [5.41, 5.74) is 0.235. The van der Waals surface area contributed by atoms with Gasteiger partial charge in [-0.25, -0.2) is 0 Å². The molecule has 0 amide bonds. The molecule has 0 aromatic carbocycles. The lowest BCUT2D eigenvalue weighted by Gasteiger charge is -2.39. The SMILES string of the molecule is CCB1CCCC(CC)(CC)O1. The molecule has 0 saturated carbocycles. The second-order valence-electron chi connectivity index (χ2n) is 3.93. The monoisotopic (exact) mass is 168 g/mol. The third-order valence-corrected chi connectivity index (χ3v) is 3.32. The van der Waals surface area contributed by atoms with Crippen LogP contribution < -0.4 is 0 Å². The van der Waals surface area contributed by atoms with Gasteiger partial charge in [-0.15, -0.1) is 0 Å². The summed E-state index contributed by atoms with van der Waals surface area (Å²) in [5.74, 6) is 0. The Balaban J connectivity index is 2.52. The number of rotatable bonds is 3. The van der Waals surface area contributed by atoms with Crippen LogP contribution in [0.3, 0.4) is 0 Å². The molecule has 0 aromatic rings. The van der Waals surface area contributed by atoms with Crippen molar-refractivity contribution < 1.29 is 4.65 Å². The van der Waals surface area contributed by atoms with E-state index in [0.29, 0.717) is 6.92 Å². The maximum Gasteiger partial charge on any atom is 0.293 e. The van der Waals surface area contributed by atoms with E-state index in [1.807, 2.05) is 0 Å². The van der Waals surface area contributed by atoms with Crippen LogP contribution in [0.4, 0.5) is 0 Å². The van der Waals surface area contributed by atoms with Crippen LogP contribution in [0.2, 0.25) is 12.6 Å². The second kappa shape index (κ2) is 4.31. The van der Waals surface area contributed by atoms with Crippen LogP contribution in [-0.2, 0) is 4.65 Å². The molecular formula is C10H21BO. The zero-order valence-corrected chi connectivity index (χ0v) is 8.73. The number of hydrogen-bond acceptors (Lipinski definition) is 1. The predicted molar refractivity (Wildman–Crippen MR) is 54.7 cm³/mol. The van der Waals surface area contributed by atoms with E-state index in [1.54, 1.807) is 0 Å². The molecule has 0 atom stereocenters. The van der Waals surface area contributed by atoms with Crippen LogP contribution in [0.25, 0.3) is 0 Å². The molecule has 0 aromatic heterocycles. The maximum atomic E-state index is 6.12. The standard InChI is InChI=1S/C10H21BO/c1-4-10(5-2)8-7-9-11(6-3)12-10/h4-9H2,1-3H3. The lowest BCUT2D eigenvalue weighted by Crippen LogP contribution is -2.41. The molecule has 1 heterocycles. The highest BCUT2D eigenvalue weighted by Crippen LogP contribution is 2.34. The van der Waals surface area contributed by atoms with Gasteiger partial charge in [-0.2, -0.15) is 0 Å². The molecule has 1 nitrogen and oxygen atoms in total.